The fourth-order valence-corrected chi connectivity index (χ4v) is 5.55. The van der Waals surface area contributed by atoms with E-state index in [-0.39, 0.29) is 0 Å². The van der Waals surface area contributed by atoms with Crippen LogP contribution in [-0.4, -0.2) is 11.1 Å². The Kier molecular flexibility index (Phi) is 12.6. The van der Waals surface area contributed by atoms with Gasteiger partial charge in [-0.1, -0.05) is 140 Å². The van der Waals surface area contributed by atoms with Gasteiger partial charge in [-0.25, -0.2) is 4.79 Å². The summed E-state index contributed by atoms with van der Waals surface area (Å²) in [5, 5.41) is 16.3. The van der Waals surface area contributed by atoms with Crippen LogP contribution in [0.2, 0.25) is 0 Å². The van der Waals surface area contributed by atoms with E-state index in [4.69, 9.17) is 0 Å². The number of carboxylic acid groups (broad SMARTS) is 1. The largest absolute Gasteiger partial charge is 0.478 e. The van der Waals surface area contributed by atoms with Gasteiger partial charge in [0, 0.05) is 24.5 Å². The second kappa shape index (κ2) is 17.9. The lowest BCUT2D eigenvalue weighted by Gasteiger charge is -2.12. The number of benzene rings is 6. The molecule has 48 heavy (non-hydrogen) atoms. The van der Waals surface area contributed by atoms with Crippen LogP contribution in [0.25, 0.3) is 0 Å². The van der Waals surface area contributed by atoms with Crippen LogP contribution in [0.5, 0.6) is 0 Å². The van der Waals surface area contributed by atoms with E-state index in [2.05, 4.69) is 109 Å². The molecular formula is C44H44N2O2. The number of anilines is 2. The summed E-state index contributed by atoms with van der Waals surface area (Å²) in [5.41, 5.74) is 11.1. The Morgan fingerprint density at radius 3 is 1.29 bits per heavy atom. The van der Waals surface area contributed by atoms with E-state index in [9.17, 15) is 9.90 Å². The lowest BCUT2D eigenvalue weighted by atomic mass is 10.0. The van der Waals surface area contributed by atoms with Crippen LogP contribution in [0.1, 0.15) is 49.3 Å². The molecule has 0 radical (unpaired) electrons. The van der Waals surface area contributed by atoms with E-state index in [1.165, 1.54) is 33.5 Å². The van der Waals surface area contributed by atoms with E-state index in [1.807, 2.05) is 60.7 Å². The second-order valence-electron chi connectivity index (χ2n) is 12.0. The highest BCUT2D eigenvalue weighted by Gasteiger charge is 2.11. The van der Waals surface area contributed by atoms with E-state index < -0.39 is 5.97 Å². The average molecular weight is 633 g/mol. The molecule has 242 valence electrons. The quantitative estimate of drug-likeness (QED) is 0.119. The van der Waals surface area contributed by atoms with Crippen LogP contribution >= 0.6 is 0 Å². The lowest BCUT2D eigenvalue weighted by Crippen LogP contribution is -2.07. The summed E-state index contributed by atoms with van der Waals surface area (Å²) in [7, 11) is 0. The van der Waals surface area contributed by atoms with Crippen LogP contribution in [0, 0.1) is 6.92 Å². The summed E-state index contributed by atoms with van der Waals surface area (Å²) < 4.78 is 0. The number of rotatable bonds is 13. The lowest BCUT2D eigenvalue weighted by molar-refractivity contribution is 0.0698. The smallest absolute Gasteiger partial charge is 0.337 e. The maximum atomic E-state index is 11.5. The van der Waals surface area contributed by atoms with Crippen molar-refractivity contribution in [2.24, 2.45) is 0 Å². The zero-order valence-electron chi connectivity index (χ0n) is 27.6. The number of aromatic carboxylic acids is 1. The standard InChI is InChI=1S/C22H21NO2.C22H23N/c24-22(25)20-14-13-18(12-11-17-7-3-1-4-8-17)15-21(20)23-16-19-9-5-2-6-10-19;1-18-12-13-20(15-14-19-8-4-2-5-9-19)16-22(18)23-17-21-10-6-3-7-11-21/h1-10,13-15,23H,11-12,16H2,(H,24,25);2-13,16,23H,14-15,17H2,1H3. The Morgan fingerprint density at radius 1 is 0.458 bits per heavy atom. The van der Waals surface area contributed by atoms with E-state index >= 15 is 0 Å². The summed E-state index contributed by atoms with van der Waals surface area (Å²) in [4.78, 5) is 11.5. The van der Waals surface area contributed by atoms with Crippen LogP contribution in [0.3, 0.4) is 0 Å². The molecule has 6 aromatic rings. The average Bonchev–Trinajstić information content (AvgIpc) is 3.14. The summed E-state index contributed by atoms with van der Waals surface area (Å²) in [6.45, 7) is 3.63. The first-order valence-electron chi connectivity index (χ1n) is 16.6. The molecule has 4 heteroatoms. The van der Waals surface area contributed by atoms with Gasteiger partial charge in [0.2, 0.25) is 0 Å². The fraction of sp³-hybridized carbons (Fsp3) is 0.159. The predicted octanol–water partition coefficient (Wildman–Crippen LogP) is 10.2. The van der Waals surface area contributed by atoms with Crippen molar-refractivity contribution in [2.75, 3.05) is 10.6 Å². The molecule has 0 amide bonds. The Morgan fingerprint density at radius 2 is 0.833 bits per heavy atom. The molecule has 0 spiro atoms. The summed E-state index contributed by atoms with van der Waals surface area (Å²) >= 11 is 0. The maximum absolute atomic E-state index is 11.5. The van der Waals surface area contributed by atoms with Crippen molar-refractivity contribution in [3.8, 4) is 0 Å². The number of carboxylic acids is 1. The molecule has 0 aliphatic carbocycles. The number of carbonyl (C=O) groups is 1. The van der Waals surface area contributed by atoms with Crippen LogP contribution in [-0.2, 0) is 38.8 Å². The molecule has 4 nitrogen and oxygen atoms in total. The molecule has 0 heterocycles. The van der Waals surface area contributed by atoms with E-state index in [1.54, 1.807) is 6.07 Å². The van der Waals surface area contributed by atoms with E-state index in [0.29, 0.717) is 17.8 Å². The van der Waals surface area contributed by atoms with Gasteiger partial charge in [0.1, 0.15) is 0 Å². The first-order chi connectivity index (χ1) is 23.5. The molecule has 0 saturated heterocycles. The molecule has 0 unspecified atom stereocenters. The van der Waals surface area contributed by atoms with Crippen molar-refractivity contribution in [1.82, 2.24) is 0 Å². The maximum Gasteiger partial charge on any atom is 0.337 e. The third-order valence-corrected chi connectivity index (χ3v) is 8.36. The van der Waals surface area contributed by atoms with Gasteiger partial charge in [0.25, 0.3) is 0 Å². The Balaban J connectivity index is 0.000000188. The topological polar surface area (TPSA) is 61.4 Å². The van der Waals surface area contributed by atoms with Gasteiger partial charge < -0.3 is 15.7 Å². The molecule has 0 aliphatic heterocycles. The Labute approximate surface area is 285 Å². The van der Waals surface area contributed by atoms with Crippen LogP contribution in [0.4, 0.5) is 11.4 Å². The Bertz CT molecular complexity index is 1840. The third-order valence-electron chi connectivity index (χ3n) is 8.36. The minimum Gasteiger partial charge on any atom is -0.478 e. The van der Waals surface area contributed by atoms with Crippen molar-refractivity contribution < 1.29 is 9.90 Å². The highest BCUT2D eigenvalue weighted by atomic mass is 16.4. The molecule has 0 saturated carbocycles. The van der Waals surface area contributed by atoms with Crippen molar-refractivity contribution in [3.63, 3.8) is 0 Å². The molecule has 6 rings (SSSR count). The minimum absolute atomic E-state index is 0.305. The first kappa shape index (κ1) is 33.7. The summed E-state index contributed by atoms with van der Waals surface area (Å²) in [6, 6.07) is 53.8. The number of hydrogen-bond donors (Lipinski definition) is 3. The molecular weight excluding hydrogens is 588 g/mol. The zero-order valence-corrected chi connectivity index (χ0v) is 27.6. The number of nitrogens with one attached hydrogen (secondary N) is 2. The Hall–Kier alpha value is -5.61. The van der Waals surface area contributed by atoms with Gasteiger partial charge >= 0.3 is 5.97 Å². The van der Waals surface area contributed by atoms with Gasteiger partial charge in [0.15, 0.2) is 0 Å². The van der Waals surface area contributed by atoms with Crippen LogP contribution < -0.4 is 10.6 Å². The van der Waals surface area contributed by atoms with Crippen molar-refractivity contribution >= 4 is 17.3 Å². The van der Waals surface area contributed by atoms with Gasteiger partial charge in [-0.15, -0.1) is 0 Å². The third kappa shape index (κ3) is 10.7. The highest BCUT2D eigenvalue weighted by molar-refractivity contribution is 5.94. The minimum atomic E-state index is -0.912. The van der Waals surface area contributed by atoms with Gasteiger partial charge in [-0.3, -0.25) is 0 Å². The molecule has 0 atom stereocenters. The first-order valence-corrected chi connectivity index (χ1v) is 16.6. The summed E-state index contributed by atoms with van der Waals surface area (Å²) in [6.07, 6.45) is 3.97. The van der Waals surface area contributed by atoms with Crippen molar-refractivity contribution in [3.05, 3.63) is 202 Å². The van der Waals surface area contributed by atoms with E-state index in [0.717, 1.165) is 43.4 Å². The molecule has 3 N–H and O–H groups in total. The fourth-order valence-electron chi connectivity index (χ4n) is 5.55. The molecule has 0 fully saturated rings. The van der Waals surface area contributed by atoms with Gasteiger partial charge in [-0.2, -0.15) is 0 Å². The number of hydrogen-bond acceptors (Lipinski definition) is 3. The molecule has 0 bridgehead atoms. The van der Waals surface area contributed by atoms with Crippen molar-refractivity contribution in [1.29, 1.82) is 0 Å². The second-order valence-corrected chi connectivity index (χ2v) is 12.0. The van der Waals surface area contributed by atoms with Crippen molar-refractivity contribution in [2.45, 2.75) is 45.7 Å². The highest BCUT2D eigenvalue weighted by Crippen LogP contribution is 2.21. The van der Waals surface area contributed by atoms with Gasteiger partial charge in [0.05, 0.1) is 5.56 Å². The molecule has 6 aromatic carbocycles. The number of aryl methyl sites for hydroxylation is 5. The molecule has 0 aliphatic rings. The summed E-state index contributed by atoms with van der Waals surface area (Å²) in [5.74, 6) is -0.912. The normalized spacial score (nSPS) is 10.4. The van der Waals surface area contributed by atoms with Crippen LogP contribution in [0.15, 0.2) is 158 Å². The SMILES string of the molecule is Cc1ccc(CCc2ccccc2)cc1NCc1ccccc1.O=C(O)c1ccc(CCc2ccccc2)cc1NCc1ccccc1. The zero-order chi connectivity index (χ0) is 33.4. The predicted molar refractivity (Wildman–Crippen MR) is 200 cm³/mol. The molecule has 0 aromatic heterocycles. The monoisotopic (exact) mass is 632 g/mol. The van der Waals surface area contributed by atoms with Gasteiger partial charge in [-0.05, 0) is 89.8 Å².